The molecule has 0 amide bonds. The van der Waals surface area contributed by atoms with E-state index in [1.807, 2.05) is 13.1 Å². The zero-order chi connectivity index (χ0) is 11.7. The summed E-state index contributed by atoms with van der Waals surface area (Å²) in [6, 6.07) is 6.08. The van der Waals surface area contributed by atoms with Crippen molar-refractivity contribution in [1.82, 2.24) is 4.98 Å². The molecule has 1 aromatic heterocycles. The highest BCUT2D eigenvalue weighted by Gasteiger charge is 2.09. The Morgan fingerprint density at radius 2 is 1.94 bits per heavy atom. The third-order valence-electron chi connectivity index (χ3n) is 2.81. The molecule has 1 heterocycles. The van der Waals surface area contributed by atoms with Crippen molar-refractivity contribution in [2.45, 2.75) is 13.8 Å². The lowest BCUT2D eigenvalue weighted by atomic mass is 10.0. The minimum Gasteiger partial charge on any atom is -0.494 e. The quantitative estimate of drug-likeness (QED) is 0.838. The first-order chi connectivity index (χ1) is 7.67. The van der Waals surface area contributed by atoms with Crippen molar-refractivity contribution in [2.75, 3.05) is 19.5 Å². The summed E-state index contributed by atoms with van der Waals surface area (Å²) in [5, 5.41) is 4.24. The topological polar surface area (TPSA) is 34.1 Å². The van der Waals surface area contributed by atoms with Gasteiger partial charge in [0.25, 0.3) is 0 Å². The van der Waals surface area contributed by atoms with Crippen molar-refractivity contribution in [3.63, 3.8) is 0 Å². The zero-order valence-electron chi connectivity index (χ0n) is 10.1. The van der Waals surface area contributed by atoms with Gasteiger partial charge in [-0.25, -0.2) is 4.98 Å². The first-order valence-corrected chi connectivity index (χ1v) is 5.30. The lowest BCUT2D eigenvalue weighted by Gasteiger charge is -2.11. The van der Waals surface area contributed by atoms with Crippen molar-refractivity contribution in [2.24, 2.45) is 0 Å². The van der Waals surface area contributed by atoms with Crippen LogP contribution in [0.15, 0.2) is 18.2 Å². The van der Waals surface area contributed by atoms with Crippen LogP contribution < -0.4 is 10.1 Å². The second-order valence-electron chi connectivity index (χ2n) is 3.88. The Balaban J connectivity index is 2.87. The maximum atomic E-state index is 5.35. The van der Waals surface area contributed by atoms with Crippen molar-refractivity contribution < 1.29 is 4.74 Å². The number of ether oxygens (including phenoxy) is 1. The molecule has 16 heavy (non-hydrogen) atoms. The molecular weight excluding hydrogens is 200 g/mol. The Labute approximate surface area is 95.5 Å². The number of pyridine rings is 1. The van der Waals surface area contributed by atoms with E-state index >= 15 is 0 Å². The molecule has 84 valence electrons. The monoisotopic (exact) mass is 216 g/mol. The van der Waals surface area contributed by atoms with Gasteiger partial charge in [0.15, 0.2) is 0 Å². The van der Waals surface area contributed by atoms with Crippen LogP contribution in [0.25, 0.3) is 10.9 Å². The number of fused-ring (bicyclic) bond motifs is 1. The molecule has 0 aliphatic rings. The van der Waals surface area contributed by atoms with Crippen LogP contribution in [0.2, 0.25) is 0 Å². The smallest absolute Gasteiger partial charge is 0.145 e. The molecule has 0 bridgehead atoms. The van der Waals surface area contributed by atoms with Crippen LogP contribution >= 0.6 is 0 Å². The van der Waals surface area contributed by atoms with E-state index in [1.165, 1.54) is 16.5 Å². The molecule has 0 aliphatic heterocycles. The van der Waals surface area contributed by atoms with Gasteiger partial charge < -0.3 is 10.1 Å². The number of hydrogen-bond acceptors (Lipinski definition) is 3. The average Bonchev–Trinajstić information content (AvgIpc) is 2.28. The van der Waals surface area contributed by atoms with E-state index in [0.29, 0.717) is 0 Å². The second kappa shape index (κ2) is 4.00. The molecule has 0 unspecified atom stereocenters. The predicted molar refractivity (Wildman–Crippen MR) is 67.3 cm³/mol. The first kappa shape index (κ1) is 10.7. The van der Waals surface area contributed by atoms with Gasteiger partial charge in [-0.2, -0.15) is 0 Å². The summed E-state index contributed by atoms with van der Waals surface area (Å²) in [6.07, 6.45) is 0. The number of benzene rings is 1. The lowest BCUT2D eigenvalue weighted by Crippen LogP contribution is -1.97. The van der Waals surface area contributed by atoms with Gasteiger partial charge >= 0.3 is 0 Å². The fourth-order valence-electron chi connectivity index (χ4n) is 2.00. The van der Waals surface area contributed by atoms with E-state index in [2.05, 4.69) is 36.3 Å². The van der Waals surface area contributed by atoms with Gasteiger partial charge in [0.05, 0.1) is 7.11 Å². The minimum absolute atomic E-state index is 0.820. The average molecular weight is 216 g/mol. The summed E-state index contributed by atoms with van der Waals surface area (Å²) in [4.78, 5) is 4.55. The molecular formula is C13H16N2O. The number of hydrogen-bond donors (Lipinski definition) is 1. The molecule has 1 N–H and O–H groups in total. The molecule has 0 radical (unpaired) electrons. The summed E-state index contributed by atoms with van der Waals surface area (Å²) in [5.74, 6) is 1.69. The van der Waals surface area contributed by atoms with Gasteiger partial charge in [0.2, 0.25) is 0 Å². The molecule has 3 nitrogen and oxygen atoms in total. The largest absolute Gasteiger partial charge is 0.494 e. The highest BCUT2D eigenvalue weighted by Crippen LogP contribution is 2.30. The summed E-state index contributed by atoms with van der Waals surface area (Å²) in [7, 11) is 3.54. The molecule has 2 aromatic rings. The van der Waals surface area contributed by atoms with Crippen LogP contribution in [0, 0.1) is 13.8 Å². The fourth-order valence-corrected chi connectivity index (χ4v) is 2.00. The van der Waals surface area contributed by atoms with Gasteiger partial charge in [0.1, 0.15) is 17.1 Å². The van der Waals surface area contributed by atoms with E-state index in [-0.39, 0.29) is 0 Å². The van der Waals surface area contributed by atoms with Crippen molar-refractivity contribution >= 4 is 16.7 Å². The number of anilines is 1. The van der Waals surface area contributed by atoms with Gasteiger partial charge in [0, 0.05) is 12.4 Å². The molecule has 3 heteroatoms. The third-order valence-corrected chi connectivity index (χ3v) is 2.81. The van der Waals surface area contributed by atoms with Crippen LogP contribution in [0.1, 0.15) is 11.1 Å². The molecule has 0 saturated carbocycles. The van der Waals surface area contributed by atoms with Gasteiger partial charge in [-0.15, -0.1) is 0 Å². The number of aryl methyl sites for hydroxylation is 2. The summed E-state index contributed by atoms with van der Waals surface area (Å²) >= 11 is 0. The number of aromatic nitrogens is 1. The highest BCUT2D eigenvalue weighted by molar-refractivity contribution is 5.91. The number of nitrogens with one attached hydrogen (secondary N) is 1. The van der Waals surface area contributed by atoms with E-state index in [0.717, 1.165) is 17.1 Å². The normalized spacial score (nSPS) is 10.5. The van der Waals surface area contributed by atoms with Crippen molar-refractivity contribution in [3.8, 4) is 5.75 Å². The SMILES string of the molecule is CNc1cc(C)c2c(C)ccc(OC)c2n1. The Morgan fingerprint density at radius 1 is 1.19 bits per heavy atom. The highest BCUT2D eigenvalue weighted by atomic mass is 16.5. The number of rotatable bonds is 2. The molecule has 1 aromatic carbocycles. The van der Waals surface area contributed by atoms with Crippen LogP contribution in [0.4, 0.5) is 5.82 Å². The standard InChI is InChI=1S/C13H16N2O/c1-8-5-6-10(16-4)13-12(8)9(2)7-11(14-3)15-13/h5-7H,1-4H3,(H,14,15). The second-order valence-corrected chi connectivity index (χ2v) is 3.88. The third kappa shape index (κ3) is 1.58. The van der Waals surface area contributed by atoms with E-state index in [4.69, 9.17) is 4.74 Å². The summed E-state index contributed by atoms with van der Waals surface area (Å²) < 4.78 is 5.35. The fraction of sp³-hybridized carbons (Fsp3) is 0.308. The predicted octanol–water partition coefficient (Wildman–Crippen LogP) is 2.90. The Kier molecular flexibility index (Phi) is 2.69. The molecule has 0 atom stereocenters. The molecule has 2 rings (SSSR count). The molecule has 0 aliphatic carbocycles. The Bertz CT molecular complexity index is 535. The Morgan fingerprint density at radius 3 is 2.56 bits per heavy atom. The van der Waals surface area contributed by atoms with Crippen LogP contribution in [-0.4, -0.2) is 19.1 Å². The molecule has 0 saturated heterocycles. The summed E-state index contributed by atoms with van der Waals surface area (Å²) in [5.41, 5.74) is 3.36. The van der Waals surface area contributed by atoms with E-state index < -0.39 is 0 Å². The number of methoxy groups -OCH3 is 1. The lowest BCUT2D eigenvalue weighted by molar-refractivity contribution is 0.419. The summed E-state index contributed by atoms with van der Waals surface area (Å²) in [6.45, 7) is 4.19. The molecule has 0 spiro atoms. The molecule has 0 fully saturated rings. The van der Waals surface area contributed by atoms with Crippen molar-refractivity contribution in [1.29, 1.82) is 0 Å². The number of nitrogens with zero attached hydrogens (tertiary/aromatic N) is 1. The zero-order valence-corrected chi connectivity index (χ0v) is 10.1. The van der Waals surface area contributed by atoms with Crippen LogP contribution in [-0.2, 0) is 0 Å². The minimum atomic E-state index is 0.820. The first-order valence-electron chi connectivity index (χ1n) is 5.30. The Hall–Kier alpha value is -1.77. The van der Waals surface area contributed by atoms with Crippen LogP contribution in [0.3, 0.4) is 0 Å². The van der Waals surface area contributed by atoms with Crippen molar-refractivity contribution in [3.05, 3.63) is 29.3 Å². The maximum absolute atomic E-state index is 5.35. The van der Waals surface area contributed by atoms with Gasteiger partial charge in [-0.05, 0) is 37.1 Å². The van der Waals surface area contributed by atoms with Gasteiger partial charge in [-0.1, -0.05) is 6.07 Å². The van der Waals surface area contributed by atoms with E-state index in [9.17, 15) is 0 Å². The van der Waals surface area contributed by atoms with Gasteiger partial charge in [-0.3, -0.25) is 0 Å². The van der Waals surface area contributed by atoms with Crippen LogP contribution in [0.5, 0.6) is 5.75 Å². The van der Waals surface area contributed by atoms with E-state index in [1.54, 1.807) is 7.11 Å². The maximum Gasteiger partial charge on any atom is 0.145 e.